The molecule has 0 spiro atoms. The van der Waals surface area contributed by atoms with Gasteiger partial charge in [0.25, 0.3) is 0 Å². The minimum absolute atomic E-state index is 0.181. The molecule has 1 N–H and O–H groups in total. The second kappa shape index (κ2) is 6.60. The molecule has 0 radical (unpaired) electrons. The van der Waals surface area contributed by atoms with Gasteiger partial charge in [-0.3, -0.25) is 4.79 Å². The molecule has 3 nitrogen and oxygen atoms in total. The third-order valence-electron chi connectivity index (χ3n) is 3.95. The van der Waals surface area contributed by atoms with Crippen LogP contribution in [0.3, 0.4) is 0 Å². The zero-order chi connectivity index (χ0) is 13.7. The van der Waals surface area contributed by atoms with Gasteiger partial charge in [-0.2, -0.15) is 0 Å². The smallest absolute Gasteiger partial charge is 0.227 e. The molecule has 1 aromatic rings. The maximum atomic E-state index is 12.4. The van der Waals surface area contributed by atoms with E-state index in [1.807, 2.05) is 13.0 Å². The van der Waals surface area contributed by atoms with Gasteiger partial charge in [0.2, 0.25) is 5.91 Å². The number of hydrogen-bond donors (Lipinski definition) is 1. The molecule has 0 aliphatic heterocycles. The van der Waals surface area contributed by atoms with E-state index in [1.54, 1.807) is 23.1 Å². The summed E-state index contributed by atoms with van der Waals surface area (Å²) in [6, 6.07) is 6.94. The highest BCUT2D eigenvalue weighted by Gasteiger charge is 2.21. The highest BCUT2D eigenvalue weighted by atomic mass is 16.3. The van der Waals surface area contributed by atoms with Crippen LogP contribution in [0, 0.1) is 5.92 Å². The first-order chi connectivity index (χ1) is 9.20. The molecule has 1 amide bonds. The third kappa shape index (κ3) is 3.72. The average Bonchev–Trinajstić information content (AvgIpc) is 2.41. The van der Waals surface area contributed by atoms with Crippen LogP contribution >= 0.6 is 0 Å². The van der Waals surface area contributed by atoms with Crippen molar-refractivity contribution in [3.05, 3.63) is 24.3 Å². The van der Waals surface area contributed by atoms with Crippen LogP contribution in [0.2, 0.25) is 0 Å². The van der Waals surface area contributed by atoms with Gasteiger partial charge in [-0.1, -0.05) is 25.3 Å². The van der Waals surface area contributed by atoms with Gasteiger partial charge in [-0.25, -0.2) is 0 Å². The van der Waals surface area contributed by atoms with Gasteiger partial charge in [-0.05, 0) is 37.8 Å². The van der Waals surface area contributed by atoms with Crippen LogP contribution in [0.15, 0.2) is 24.3 Å². The molecule has 0 atom stereocenters. The van der Waals surface area contributed by atoms with E-state index in [1.165, 1.54) is 32.1 Å². The van der Waals surface area contributed by atoms with Crippen molar-refractivity contribution in [2.45, 2.75) is 45.4 Å². The SMILES string of the molecule is CCN(C(=O)CC1CCCCC1)c1cccc(O)c1. The molecule has 1 fully saturated rings. The van der Waals surface area contributed by atoms with Crippen molar-refractivity contribution in [3.63, 3.8) is 0 Å². The normalized spacial score (nSPS) is 16.3. The summed E-state index contributed by atoms with van der Waals surface area (Å²) in [5.41, 5.74) is 0.795. The number of nitrogens with zero attached hydrogens (tertiary/aromatic N) is 1. The summed E-state index contributed by atoms with van der Waals surface area (Å²) in [7, 11) is 0. The summed E-state index contributed by atoms with van der Waals surface area (Å²) in [5.74, 6) is 0.939. The van der Waals surface area contributed by atoms with E-state index in [-0.39, 0.29) is 11.7 Å². The first-order valence-electron chi connectivity index (χ1n) is 7.30. The molecule has 1 aliphatic carbocycles. The zero-order valence-corrected chi connectivity index (χ0v) is 11.6. The number of phenolic OH excluding ortho intramolecular Hbond substituents is 1. The zero-order valence-electron chi connectivity index (χ0n) is 11.6. The van der Waals surface area contributed by atoms with Crippen molar-refractivity contribution in [2.75, 3.05) is 11.4 Å². The Kier molecular flexibility index (Phi) is 4.83. The topological polar surface area (TPSA) is 40.5 Å². The number of amides is 1. The number of anilines is 1. The van der Waals surface area contributed by atoms with Crippen LogP contribution in [0.25, 0.3) is 0 Å². The van der Waals surface area contributed by atoms with Gasteiger partial charge in [0.1, 0.15) is 5.75 Å². The molecule has 0 aromatic heterocycles. The van der Waals surface area contributed by atoms with Crippen molar-refractivity contribution in [1.29, 1.82) is 0 Å². The lowest BCUT2D eigenvalue weighted by molar-refractivity contribution is -0.119. The monoisotopic (exact) mass is 261 g/mol. The Morgan fingerprint density at radius 3 is 2.68 bits per heavy atom. The fourth-order valence-electron chi connectivity index (χ4n) is 2.91. The molecule has 0 heterocycles. The molecule has 0 saturated heterocycles. The second-order valence-electron chi connectivity index (χ2n) is 5.37. The average molecular weight is 261 g/mol. The number of benzene rings is 1. The van der Waals surface area contributed by atoms with E-state index in [0.717, 1.165) is 5.69 Å². The Labute approximate surface area is 115 Å². The number of aromatic hydroxyl groups is 1. The van der Waals surface area contributed by atoms with Crippen molar-refractivity contribution in [2.24, 2.45) is 5.92 Å². The second-order valence-corrected chi connectivity index (χ2v) is 5.37. The van der Waals surface area contributed by atoms with Gasteiger partial charge < -0.3 is 10.0 Å². The van der Waals surface area contributed by atoms with Crippen molar-refractivity contribution >= 4 is 11.6 Å². The predicted octanol–water partition coefficient (Wildman–Crippen LogP) is 3.72. The minimum atomic E-state index is 0.181. The van der Waals surface area contributed by atoms with Crippen molar-refractivity contribution in [1.82, 2.24) is 0 Å². The van der Waals surface area contributed by atoms with Gasteiger partial charge >= 0.3 is 0 Å². The van der Waals surface area contributed by atoms with E-state index < -0.39 is 0 Å². The Bertz CT molecular complexity index is 425. The van der Waals surface area contributed by atoms with Crippen LogP contribution in [0.1, 0.15) is 45.4 Å². The van der Waals surface area contributed by atoms with Crippen LogP contribution in [0.5, 0.6) is 5.75 Å². The molecule has 19 heavy (non-hydrogen) atoms. The van der Waals surface area contributed by atoms with Crippen LogP contribution in [-0.2, 0) is 4.79 Å². The molecular formula is C16H23NO2. The van der Waals surface area contributed by atoms with E-state index in [4.69, 9.17) is 0 Å². The first kappa shape index (κ1) is 13.9. The Morgan fingerprint density at radius 1 is 1.32 bits per heavy atom. The highest BCUT2D eigenvalue weighted by molar-refractivity contribution is 5.93. The van der Waals surface area contributed by atoms with E-state index in [2.05, 4.69) is 0 Å². The molecular weight excluding hydrogens is 238 g/mol. The Hall–Kier alpha value is -1.51. The maximum absolute atomic E-state index is 12.4. The largest absolute Gasteiger partial charge is 0.508 e. The van der Waals surface area contributed by atoms with Gasteiger partial charge in [0.05, 0.1) is 0 Å². The maximum Gasteiger partial charge on any atom is 0.227 e. The van der Waals surface area contributed by atoms with Crippen LogP contribution in [-0.4, -0.2) is 17.6 Å². The highest BCUT2D eigenvalue weighted by Crippen LogP contribution is 2.28. The fraction of sp³-hybridized carbons (Fsp3) is 0.562. The number of carbonyl (C=O) groups is 1. The van der Waals surface area contributed by atoms with Gasteiger partial charge in [0.15, 0.2) is 0 Å². The number of phenols is 1. The summed E-state index contributed by atoms with van der Waals surface area (Å²) >= 11 is 0. The number of carbonyl (C=O) groups excluding carboxylic acids is 1. The Balaban J connectivity index is 2.02. The van der Waals surface area contributed by atoms with Crippen molar-refractivity contribution in [3.8, 4) is 5.75 Å². The predicted molar refractivity (Wildman–Crippen MR) is 77.3 cm³/mol. The summed E-state index contributed by atoms with van der Waals surface area (Å²) in [6.07, 6.45) is 6.84. The summed E-state index contributed by atoms with van der Waals surface area (Å²) < 4.78 is 0. The first-order valence-corrected chi connectivity index (χ1v) is 7.30. The number of rotatable bonds is 4. The van der Waals surface area contributed by atoms with E-state index in [9.17, 15) is 9.90 Å². The standard InChI is InChI=1S/C16H23NO2/c1-2-17(14-9-6-10-15(18)12-14)16(19)11-13-7-4-3-5-8-13/h6,9-10,12-13,18H,2-5,7-8,11H2,1H3. The Morgan fingerprint density at radius 2 is 2.05 bits per heavy atom. The molecule has 0 bridgehead atoms. The quantitative estimate of drug-likeness (QED) is 0.897. The summed E-state index contributed by atoms with van der Waals surface area (Å²) in [5, 5.41) is 9.52. The lowest BCUT2D eigenvalue weighted by Crippen LogP contribution is -2.32. The molecule has 3 heteroatoms. The van der Waals surface area contributed by atoms with E-state index >= 15 is 0 Å². The van der Waals surface area contributed by atoms with Crippen LogP contribution < -0.4 is 4.90 Å². The van der Waals surface area contributed by atoms with Gasteiger partial charge in [-0.15, -0.1) is 0 Å². The third-order valence-corrected chi connectivity index (χ3v) is 3.95. The fourth-order valence-corrected chi connectivity index (χ4v) is 2.91. The van der Waals surface area contributed by atoms with Crippen molar-refractivity contribution < 1.29 is 9.90 Å². The summed E-state index contributed by atoms with van der Waals surface area (Å²) in [6.45, 7) is 2.62. The minimum Gasteiger partial charge on any atom is -0.508 e. The lowest BCUT2D eigenvalue weighted by atomic mass is 9.86. The van der Waals surface area contributed by atoms with Gasteiger partial charge in [0, 0.05) is 24.7 Å². The molecule has 1 aromatic carbocycles. The van der Waals surface area contributed by atoms with Crippen LogP contribution in [0.4, 0.5) is 5.69 Å². The molecule has 0 unspecified atom stereocenters. The molecule has 2 rings (SSSR count). The lowest BCUT2D eigenvalue weighted by Gasteiger charge is -2.26. The number of hydrogen-bond acceptors (Lipinski definition) is 2. The molecule has 1 saturated carbocycles. The molecule has 104 valence electrons. The summed E-state index contributed by atoms with van der Waals surface area (Å²) in [4.78, 5) is 14.2. The van der Waals surface area contributed by atoms with E-state index in [0.29, 0.717) is 18.9 Å². The molecule has 1 aliphatic rings.